The predicted octanol–water partition coefficient (Wildman–Crippen LogP) is 2.26. The molecule has 0 aromatic heterocycles. The summed E-state index contributed by atoms with van der Waals surface area (Å²) in [4.78, 5) is 28.3. The molecule has 33 heavy (non-hydrogen) atoms. The van der Waals surface area contributed by atoms with Gasteiger partial charge in [0, 0.05) is 63.5 Å². The SMILES string of the molecule is CC(=O)N1CCC(Nc2cccc(C(=O)NC[C@H](O)CN3CCc4ccccc4C3)c2)CC1. The maximum absolute atomic E-state index is 12.7. The molecule has 1 atom stereocenters. The zero-order chi connectivity index (χ0) is 23.2. The molecule has 0 unspecified atom stereocenters. The number of benzene rings is 2. The maximum atomic E-state index is 12.7. The molecular formula is C26H34N4O3. The molecule has 1 fully saturated rings. The van der Waals surface area contributed by atoms with Crippen LogP contribution >= 0.6 is 0 Å². The number of nitrogens with one attached hydrogen (secondary N) is 2. The lowest BCUT2D eigenvalue weighted by atomic mass is 10.00. The Morgan fingerprint density at radius 1 is 1.06 bits per heavy atom. The van der Waals surface area contributed by atoms with E-state index in [9.17, 15) is 14.7 Å². The third-order valence-electron chi connectivity index (χ3n) is 6.61. The van der Waals surface area contributed by atoms with E-state index in [1.165, 1.54) is 11.1 Å². The van der Waals surface area contributed by atoms with Gasteiger partial charge in [-0.2, -0.15) is 0 Å². The summed E-state index contributed by atoms with van der Waals surface area (Å²) in [7, 11) is 0. The fourth-order valence-corrected chi connectivity index (χ4v) is 4.71. The summed E-state index contributed by atoms with van der Waals surface area (Å²) in [6.45, 7) is 5.63. The molecule has 2 amide bonds. The van der Waals surface area contributed by atoms with Gasteiger partial charge in [0.15, 0.2) is 0 Å². The fraction of sp³-hybridized carbons (Fsp3) is 0.462. The Bertz CT molecular complexity index is 972. The van der Waals surface area contributed by atoms with E-state index >= 15 is 0 Å². The molecule has 0 spiro atoms. The third-order valence-corrected chi connectivity index (χ3v) is 6.61. The number of aliphatic hydroxyl groups excluding tert-OH is 1. The molecule has 2 aromatic carbocycles. The number of hydrogen-bond donors (Lipinski definition) is 3. The largest absolute Gasteiger partial charge is 0.390 e. The molecule has 2 aliphatic heterocycles. The number of hydrogen-bond acceptors (Lipinski definition) is 5. The number of aliphatic hydroxyl groups is 1. The van der Waals surface area contributed by atoms with Crippen molar-refractivity contribution < 1.29 is 14.7 Å². The van der Waals surface area contributed by atoms with Gasteiger partial charge >= 0.3 is 0 Å². The van der Waals surface area contributed by atoms with Gasteiger partial charge in [0.1, 0.15) is 0 Å². The number of anilines is 1. The number of rotatable bonds is 7. The second-order valence-corrected chi connectivity index (χ2v) is 9.12. The van der Waals surface area contributed by atoms with Crippen molar-refractivity contribution in [3.8, 4) is 0 Å². The molecule has 0 radical (unpaired) electrons. The van der Waals surface area contributed by atoms with Gasteiger partial charge < -0.3 is 20.6 Å². The minimum absolute atomic E-state index is 0.124. The van der Waals surface area contributed by atoms with Gasteiger partial charge in [0.25, 0.3) is 5.91 Å². The summed E-state index contributed by atoms with van der Waals surface area (Å²) < 4.78 is 0. The van der Waals surface area contributed by atoms with E-state index in [1.807, 2.05) is 23.1 Å². The van der Waals surface area contributed by atoms with Crippen LogP contribution in [0.15, 0.2) is 48.5 Å². The van der Waals surface area contributed by atoms with Crippen molar-refractivity contribution in [3.63, 3.8) is 0 Å². The number of carbonyl (C=O) groups excluding carboxylic acids is 2. The fourth-order valence-electron chi connectivity index (χ4n) is 4.71. The van der Waals surface area contributed by atoms with Crippen LogP contribution in [-0.4, -0.2) is 71.6 Å². The summed E-state index contributed by atoms with van der Waals surface area (Å²) >= 11 is 0. The van der Waals surface area contributed by atoms with Crippen LogP contribution in [0.5, 0.6) is 0 Å². The van der Waals surface area contributed by atoms with Crippen molar-refractivity contribution in [3.05, 3.63) is 65.2 Å². The second kappa shape index (κ2) is 10.8. The lowest BCUT2D eigenvalue weighted by Gasteiger charge is -2.32. The van der Waals surface area contributed by atoms with Crippen LogP contribution in [0.4, 0.5) is 5.69 Å². The van der Waals surface area contributed by atoms with Gasteiger partial charge in [0.2, 0.25) is 5.91 Å². The molecule has 2 aromatic rings. The molecule has 7 heteroatoms. The first kappa shape index (κ1) is 23.3. The van der Waals surface area contributed by atoms with Crippen molar-refractivity contribution in [1.29, 1.82) is 0 Å². The summed E-state index contributed by atoms with van der Waals surface area (Å²) in [6.07, 6.45) is 2.15. The molecule has 4 rings (SSSR count). The van der Waals surface area contributed by atoms with Crippen LogP contribution < -0.4 is 10.6 Å². The Hall–Kier alpha value is -2.90. The van der Waals surface area contributed by atoms with E-state index in [-0.39, 0.29) is 24.4 Å². The Morgan fingerprint density at radius 3 is 2.58 bits per heavy atom. The highest BCUT2D eigenvalue weighted by atomic mass is 16.3. The average molecular weight is 451 g/mol. The molecular weight excluding hydrogens is 416 g/mol. The zero-order valence-corrected chi connectivity index (χ0v) is 19.3. The third kappa shape index (κ3) is 6.33. The van der Waals surface area contributed by atoms with Crippen LogP contribution in [0.2, 0.25) is 0 Å². The molecule has 0 aliphatic carbocycles. The van der Waals surface area contributed by atoms with E-state index in [0.717, 1.165) is 51.1 Å². The van der Waals surface area contributed by atoms with Gasteiger partial charge in [-0.15, -0.1) is 0 Å². The van der Waals surface area contributed by atoms with Crippen LogP contribution in [0.1, 0.15) is 41.3 Å². The molecule has 2 aliphatic rings. The molecule has 1 saturated heterocycles. The highest BCUT2D eigenvalue weighted by molar-refractivity contribution is 5.95. The van der Waals surface area contributed by atoms with Crippen molar-refractivity contribution in [2.45, 2.75) is 44.9 Å². The Balaban J connectivity index is 1.23. The molecule has 176 valence electrons. The van der Waals surface area contributed by atoms with Crippen LogP contribution in [-0.2, 0) is 17.8 Å². The standard InChI is InChI=1S/C26H34N4O3/c1-19(31)30-13-10-23(11-14-30)28-24-8-4-7-21(15-24)26(33)27-16-25(32)18-29-12-9-20-5-2-3-6-22(20)17-29/h2-8,15,23,25,28,32H,9-14,16-18H2,1H3,(H,27,33)/t25-/m0/s1. The summed E-state index contributed by atoms with van der Waals surface area (Å²) in [6, 6.07) is 16.2. The minimum Gasteiger partial charge on any atom is -0.390 e. The molecule has 2 heterocycles. The number of fused-ring (bicyclic) bond motifs is 1. The Kier molecular flexibility index (Phi) is 7.62. The number of likely N-dealkylation sites (tertiary alicyclic amines) is 1. The topological polar surface area (TPSA) is 84.9 Å². The summed E-state index contributed by atoms with van der Waals surface area (Å²) in [5, 5.41) is 16.8. The minimum atomic E-state index is -0.619. The molecule has 3 N–H and O–H groups in total. The van der Waals surface area contributed by atoms with Crippen molar-refractivity contribution >= 4 is 17.5 Å². The first-order valence-electron chi connectivity index (χ1n) is 11.9. The van der Waals surface area contributed by atoms with E-state index in [0.29, 0.717) is 12.1 Å². The highest BCUT2D eigenvalue weighted by Crippen LogP contribution is 2.19. The van der Waals surface area contributed by atoms with Crippen LogP contribution in [0.3, 0.4) is 0 Å². The average Bonchev–Trinajstić information content (AvgIpc) is 2.83. The number of carbonyl (C=O) groups is 2. The van der Waals surface area contributed by atoms with Gasteiger partial charge in [-0.05, 0) is 48.6 Å². The van der Waals surface area contributed by atoms with Gasteiger partial charge in [-0.3, -0.25) is 14.5 Å². The van der Waals surface area contributed by atoms with Gasteiger partial charge in [0.05, 0.1) is 6.10 Å². The number of β-amino-alcohol motifs (C(OH)–C–C–N with tert-alkyl or cyclic N) is 1. The first-order valence-corrected chi connectivity index (χ1v) is 11.9. The quantitative estimate of drug-likeness (QED) is 0.603. The lowest BCUT2D eigenvalue weighted by molar-refractivity contribution is -0.129. The van der Waals surface area contributed by atoms with E-state index in [2.05, 4.69) is 39.8 Å². The normalized spacial score (nSPS) is 17.8. The van der Waals surface area contributed by atoms with E-state index < -0.39 is 6.10 Å². The van der Waals surface area contributed by atoms with Crippen LogP contribution in [0, 0.1) is 0 Å². The first-order chi connectivity index (χ1) is 16.0. The predicted molar refractivity (Wildman–Crippen MR) is 129 cm³/mol. The van der Waals surface area contributed by atoms with Crippen LogP contribution in [0.25, 0.3) is 0 Å². The lowest BCUT2D eigenvalue weighted by Crippen LogP contribution is -2.42. The van der Waals surface area contributed by atoms with Crippen molar-refractivity contribution in [2.75, 3.05) is 38.0 Å². The molecule has 7 nitrogen and oxygen atoms in total. The highest BCUT2D eigenvalue weighted by Gasteiger charge is 2.21. The van der Waals surface area contributed by atoms with Gasteiger partial charge in [-0.25, -0.2) is 0 Å². The van der Waals surface area contributed by atoms with E-state index in [1.54, 1.807) is 13.0 Å². The monoisotopic (exact) mass is 450 g/mol. The van der Waals surface area contributed by atoms with E-state index in [4.69, 9.17) is 0 Å². The Morgan fingerprint density at radius 2 is 1.82 bits per heavy atom. The van der Waals surface area contributed by atoms with Crippen molar-refractivity contribution in [2.24, 2.45) is 0 Å². The maximum Gasteiger partial charge on any atom is 0.251 e. The molecule has 0 bridgehead atoms. The Labute approximate surface area is 195 Å². The zero-order valence-electron chi connectivity index (χ0n) is 19.3. The number of nitrogens with zero attached hydrogens (tertiary/aromatic N) is 2. The summed E-state index contributed by atoms with van der Waals surface area (Å²) in [5.41, 5.74) is 4.17. The van der Waals surface area contributed by atoms with Gasteiger partial charge in [-0.1, -0.05) is 30.3 Å². The number of piperidine rings is 1. The summed E-state index contributed by atoms with van der Waals surface area (Å²) in [5.74, 6) is -0.0625. The van der Waals surface area contributed by atoms with Crippen molar-refractivity contribution in [1.82, 2.24) is 15.1 Å². The number of amides is 2. The molecule has 0 saturated carbocycles. The smallest absolute Gasteiger partial charge is 0.251 e. The second-order valence-electron chi connectivity index (χ2n) is 9.12.